The average molecular weight is 332 g/mol. The van der Waals surface area contributed by atoms with E-state index in [1.807, 2.05) is 24.3 Å². The number of aliphatic hydroxyl groups is 1. The number of amides is 1. The van der Waals surface area contributed by atoms with Gasteiger partial charge in [0.05, 0.1) is 32.8 Å². The highest BCUT2D eigenvalue weighted by Crippen LogP contribution is 2.17. The Morgan fingerprint density at radius 3 is 2.89 bits per heavy atom. The second-order valence-corrected chi connectivity index (χ2v) is 4.66. The van der Waals surface area contributed by atoms with E-state index >= 15 is 0 Å². The second-order valence-electron chi connectivity index (χ2n) is 3.74. The van der Waals surface area contributed by atoms with Crippen molar-refractivity contribution in [3.8, 4) is 5.75 Å². The molecule has 0 atom stereocenters. The van der Waals surface area contributed by atoms with Crippen LogP contribution < -0.4 is 10.1 Å². The number of halogens is 1. The lowest BCUT2D eigenvalue weighted by Gasteiger charge is -2.07. The van der Waals surface area contributed by atoms with E-state index in [0.29, 0.717) is 32.8 Å². The minimum atomic E-state index is -0.0809. The van der Waals surface area contributed by atoms with Crippen molar-refractivity contribution in [2.45, 2.75) is 6.42 Å². The van der Waals surface area contributed by atoms with Crippen LogP contribution in [-0.2, 0) is 9.53 Å². The molecule has 0 aromatic heterocycles. The van der Waals surface area contributed by atoms with Crippen LogP contribution in [-0.4, -0.2) is 44.0 Å². The van der Waals surface area contributed by atoms with Gasteiger partial charge in [-0.2, -0.15) is 0 Å². The summed E-state index contributed by atoms with van der Waals surface area (Å²) in [4.78, 5) is 11.4. The van der Waals surface area contributed by atoms with E-state index in [-0.39, 0.29) is 12.5 Å². The molecular weight excluding hydrogens is 314 g/mol. The molecule has 0 radical (unpaired) electrons. The van der Waals surface area contributed by atoms with Gasteiger partial charge < -0.3 is 19.9 Å². The third-order valence-corrected chi connectivity index (χ3v) is 2.69. The number of benzene rings is 1. The summed E-state index contributed by atoms with van der Waals surface area (Å²) in [5.74, 6) is 0.649. The van der Waals surface area contributed by atoms with Gasteiger partial charge in [0.25, 0.3) is 0 Å². The fourth-order valence-corrected chi connectivity index (χ4v) is 1.71. The zero-order valence-electron chi connectivity index (χ0n) is 10.6. The van der Waals surface area contributed by atoms with Gasteiger partial charge in [0.2, 0.25) is 5.91 Å². The summed E-state index contributed by atoms with van der Waals surface area (Å²) in [5.41, 5.74) is 0. The molecule has 5 nitrogen and oxygen atoms in total. The highest BCUT2D eigenvalue weighted by Gasteiger charge is 2.01. The molecule has 6 heteroatoms. The topological polar surface area (TPSA) is 67.8 Å². The van der Waals surface area contributed by atoms with Crippen molar-refractivity contribution < 1.29 is 19.4 Å². The van der Waals surface area contributed by atoms with Crippen LogP contribution in [0, 0.1) is 0 Å². The normalized spacial score (nSPS) is 10.2. The van der Waals surface area contributed by atoms with Gasteiger partial charge in [0, 0.05) is 11.0 Å². The van der Waals surface area contributed by atoms with E-state index < -0.39 is 0 Å². The van der Waals surface area contributed by atoms with Gasteiger partial charge in [-0.3, -0.25) is 4.79 Å². The number of nitrogens with one attached hydrogen (secondary N) is 1. The molecule has 0 aliphatic rings. The number of hydrogen-bond acceptors (Lipinski definition) is 4. The lowest BCUT2D eigenvalue weighted by atomic mass is 10.3. The number of carbonyl (C=O) groups is 1. The van der Waals surface area contributed by atoms with Gasteiger partial charge in [-0.15, -0.1) is 0 Å². The van der Waals surface area contributed by atoms with E-state index in [4.69, 9.17) is 14.6 Å². The number of carbonyl (C=O) groups excluding carboxylic acids is 1. The summed E-state index contributed by atoms with van der Waals surface area (Å²) < 4.78 is 11.4. The Bertz CT molecular complexity index is 387. The zero-order valence-corrected chi connectivity index (χ0v) is 12.2. The monoisotopic (exact) mass is 331 g/mol. The van der Waals surface area contributed by atoms with Crippen LogP contribution in [0.1, 0.15) is 6.42 Å². The van der Waals surface area contributed by atoms with E-state index in [1.54, 1.807) is 0 Å². The summed E-state index contributed by atoms with van der Waals surface area (Å²) in [6.07, 6.45) is 0.298. The predicted octanol–water partition coefficient (Wildman–Crippen LogP) is 1.34. The molecule has 0 aliphatic heterocycles. The first-order valence-electron chi connectivity index (χ1n) is 6.06. The minimum Gasteiger partial charge on any atom is -0.493 e. The molecule has 0 unspecified atom stereocenters. The van der Waals surface area contributed by atoms with E-state index in [2.05, 4.69) is 21.2 Å². The lowest BCUT2D eigenvalue weighted by molar-refractivity contribution is -0.121. The quantitative estimate of drug-likeness (QED) is 0.670. The average Bonchev–Trinajstić information content (AvgIpc) is 2.38. The molecule has 0 saturated carbocycles. The van der Waals surface area contributed by atoms with Crippen LogP contribution in [0.5, 0.6) is 5.75 Å². The van der Waals surface area contributed by atoms with Gasteiger partial charge in [-0.1, -0.05) is 22.0 Å². The van der Waals surface area contributed by atoms with Crippen molar-refractivity contribution in [1.29, 1.82) is 0 Å². The Hall–Kier alpha value is -1.11. The van der Waals surface area contributed by atoms with Crippen molar-refractivity contribution in [3.63, 3.8) is 0 Å². The Morgan fingerprint density at radius 2 is 2.16 bits per heavy atom. The first kappa shape index (κ1) is 15.9. The van der Waals surface area contributed by atoms with Gasteiger partial charge in [0.1, 0.15) is 5.75 Å². The fourth-order valence-electron chi connectivity index (χ4n) is 1.34. The summed E-state index contributed by atoms with van der Waals surface area (Å²) in [7, 11) is 0. The third-order valence-electron chi connectivity index (χ3n) is 2.20. The van der Waals surface area contributed by atoms with Crippen LogP contribution in [0.3, 0.4) is 0 Å². The molecule has 2 N–H and O–H groups in total. The summed E-state index contributed by atoms with van der Waals surface area (Å²) >= 11 is 3.35. The number of ether oxygens (including phenoxy) is 2. The van der Waals surface area contributed by atoms with E-state index in [0.717, 1.165) is 10.2 Å². The van der Waals surface area contributed by atoms with Gasteiger partial charge >= 0.3 is 0 Å². The van der Waals surface area contributed by atoms with E-state index in [9.17, 15) is 4.79 Å². The first-order valence-corrected chi connectivity index (χ1v) is 6.85. The third kappa shape index (κ3) is 7.81. The summed E-state index contributed by atoms with van der Waals surface area (Å²) in [5, 5.41) is 11.2. The first-order chi connectivity index (χ1) is 9.22. The lowest BCUT2D eigenvalue weighted by Crippen LogP contribution is -2.28. The molecule has 0 spiro atoms. The highest BCUT2D eigenvalue weighted by atomic mass is 79.9. The fraction of sp³-hybridized carbons (Fsp3) is 0.462. The van der Waals surface area contributed by atoms with Crippen molar-refractivity contribution in [2.24, 2.45) is 0 Å². The number of rotatable bonds is 9. The van der Waals surface area contributed by atoms with Crippen LogP contribution in [0.2, 0.25) is 0 Å². The molecule has 1 aromatic carbocycles. The molecule has 1 amide bonds. The zero-order chi connectivity index (χ0) is 13.9. The SMILES string of the molecule is O=C(CCOc1cccc(Br)c1)NCCOCCO. The van der Waals surface area contributed by atoms with Gasteiger partial charge in [-0.25, -0.2) is 0 Å². The Labute approximate surface area is 121 Å². The molecule has 0 bridgehead atoms. The maximum Gasteiger partial charge on any atom is 0.223 e. The van der Waals surface area contributed by atoms with Crippen molar-refractivity contribution >= 4 is 21.8 Å². The van der Waals surface area contributed by atoms with Gasteiger partial charge in [-0.05, 0) is 18.2 Å². The molecular formula is C13H18BrNO4. The number of hydrogen-bond donors (Lipinski definition) is 2. The molecule has 0 saturated heterocycles. The highest BCUT2D eigenvalue weighted by molar-refractivity contribution is 9.10. The van der Waals surface area contributed by atoms with Crippen molar-refractivity contribution in [1.82, 2.24) is 5.32 Å². The molecule has 106 valence electrons. The molecule has 1 rings (SSSR count). The maximum atomic E-state index is 11.4. The minimum absolute atomic E-state index is 0.00553. The standard InChI is InChI=1S/C13H18BrNO4/c14-11-2-1-3-12(10-11)19-7-4-13(17)15-5-8-18-9-6-16/h1-3,10,16H,4-9H2,(H,15,17). The predicted molar refractivity (Wildman–Crippen MR) is 75.2 cm³/mol. The summed E-state index contributed by atoms with van der Waals surface area (Å²) in [6, 6.07) is 7.47. The molecule has 0 heterocycles. The van der Waals surface area contributed by atoms with Crippen LogP contribution in [0.4, 0.5) is 0 Å². The smallest absolute Gasteiger partial charge is 0.223 e. The van der Waals surface area contributed by atoms with Crippen molar-refractivity contribution in [2.75, 3.05) is 33.0 Å². The maximum absolute atomic E-state index is 11.4. The second kappa shape index (κ2) is 9.77. The van der Waals surface area contributed by atoms with Crippen LogP contribution in [0.15, 0.2) is 28.7 Å². The van der Waals surface area contributed by atoms with Gasteiger partial charge in [0.15, 0.2) is 0 Å². The molecule has 0 fully saturated rings. The molecule has 1 aromatic rings. The molecule has 19 heavy (non-hydrogen) atoms. The van der Waals surface area contributed by atoms with Crippen LogP contribution in [0.25, 0.3) is 0 Å². The Morgan fingerprint density at radius 1 is 1.32 bits per heavy atom. The number of aliphatic hydroxyl groups excluding tert-OH is 1. The van der Waals surface area contributed by atoms with Crippen molar-refractivity contribution in [3.05, 3.63) is 28.7 Å². The Balaban J connectivity index is 2.07. The Kier molecular flexibility index (Phi) is 8.20. The van der Waals surface area contributed by atoms with E-state index in [1.165, 1.54) is 0 Å². The molecule has 0 aliphatic carbocycles. The summed E-state index contributed by atoms with van der Waals surface area (Å²) in [6.45, 7) is 1.46. The largest absolute Gasteiger partial charge is 0.493 e. The van der Waals surface area contributed by atoms with Crippen LogP contribution >= 0.6 is 15.9 Å².